The fourth-order valence-corrected chi connectivity index (χ4v) is 4.93. The number of amides is 2. The number of rotatable bonds is 4. The average Bonchev–Trinajstić information content (AvgIpc) is 3.14. The van der Waals surface area contributed by atoms with Crippen LogP contribution in [0.25, 0.3) is 0 Å². The number of nitriles is 1. The summed E-state index contributed by atoms with van der Waals surface area (Å²) in [5.41, 5.74) is 1.13. The third-order valence-corrected chi connectivity index (χ3v) is 6.37. The Morgan fingerprint density at radius 1 is 1.19 bits per heavy atom. The minimum absolute atomic E-state index is 0.0564. The summed E-state index contributed by atoms with van der Waals surface area (Å²) in [7, 11) is 0. The molecule has 0 unspecified atom stereocenters. The molecule has 164 valence electrons. The first-order chi connectivity index (χ1) is 15.2. The number of thioether (sulfide) groups is 1. The van der Waals surface area contributed by atoms with Crippen LogP contribution in [-0.4, -0.2) is 17.6 Å². The standard InChI is InChI=1S/C23H18F3N3O2S/c1-2-32-19-10-13(12-27)6-7-16(19)21-20-17(8-9-18(20)30)29(22(31)28-21)15-5-3-4-14(11-15)23(24,25)26/h3-7,10-11,21H,2,8-9H2,1H3,(H,28,31)/t21-/m0/s1. The maximum absolute atomic E-state index is 13.2. The van der Waals surface area contributed by atoms with Crippen LogP contribution in [0.2, 0.25) is 0 Å². The largest absolute Gasteiger partial charge is 0.416 e. The van der Waals surface area contributed by atoms with E-state index in [1.165, 1.54) is 28.8 Å². The molecule has 0 saturated heterocycles. The molecular formula is C23H18F3N3O2S. The number of allylic oxidation sites excluding steroid dienone is 1. The van der Waals surface area contributed by atoms with Crippen LogP contribution in [0.4, 0.5) is 23.7 Å². The van der Waals surface area contributed by atoms with Gasteiger partial charge in [-0.1, -0.05) is 19.1 Å². The highest BCUT2D eigenvalue weighted by molar-refractivity contribution is 7.99. The lowest BCUT2D eigenvalue weighted by Crippen LogP contribution is -2.47. The number of benzene rings is 2. The smallest absolute Gasteiger partial charge is 0.326 e. The lowest BCUT2D eigenvalue weighted by molar-refractivity contribution is -0.137. The summed E-state index contributed by atoms with van der Waals surface area (Å²) >= 11 is 1.49. The van der Waals surface area contributed by atoms with Crippen LogP contribution in [0, 0.1) is 11.3 Å². The Balaban J connectivity index is 1.83. The van der Waals surface area contributed by atoms with Gasteiger partial charge in [0, 0.05) is 22.6 Å². The zero-order chi connectivity index (χ0) is 23.0. The molecule has 0 bridgehead atoms. The van der Waals surface area contributed by atoms with Crippen molar-refractivity contribution in [2.75, 3.05) is 10.7 Å². The normalized spacial score (nSPS) is 18.5. The fraction of sp³-hybridized carbons (Fsp3) is 0.261. The van der Waals surface area contributed by atoms with E-state index in [2.05, 4.69) is 11.4 Å². The van der Waals surface area contributed by atoms with Gasteiger partial charge in [0.2, 0.25) is 0 Å². The number of carbonyl (C=O) groups excluding carboxylic acids is 2. The number of alkyl halides is 3. The maximum atomic E-state index is 13.2. The van der Waals surface area contributed by atoms with Gasteiger partial charge in [-0.3, -0.25) is 9.69 Å². The van der Waals surface area contributed by atoms with Crippen molar-refractivity contribution < 1.29 is 22.8 Å². The van der Waals surface area contributed by atoms with Gasteiger partial charge in [0.25, 0.3) is 0 Å². The third-order valence-electron chi connectivity index (χ3n) is 5.41. The Hall–Kier alpha value is -3.25. The van der Waals surface area contributed by atoms with Crippen molar-refractivity contribution in [3.8, 4) is 6.07 Å². The zero-order valence-electron chi connectivity index (χ0n) is 17.0. The predicted molar refractivity (Wildman–Crippen MR) is 114 cm³/mol. The minimum Gasteiger partial charge on any atom is -0.326 e. The van der Waals surface area contributed by atoms with Gasteiger partial charge in [0.1, 0.15) is 0 Å². The molecule has 0 fully saturated rings. The maximum Gasteiger partial charge on any atom is 0.416 e. The number of nitrogens with zero attached hydrogens (tertiary/aromatic N) is 2. The number of halogens is 3. The molecule has 9 heteroatoms. The fourth-order valence-electron chi connectivity index (χ4n) is 4.06. The molecular weight excluding hydrogens is 439 g/mol. The van der Waals surface area contributed by atoms with Crippen LogP contribution in [-0.2, 0) is 11.0 Å². The van der Waals surface area contributed by atoms with E-state index in [0.717, 1.165) is 22.8 Å². The van der Waals surface area contributed by atoms with Gasteiger partial charge in [-0.25, -0.2) is 4.79 Å². The molecule has 32 heavy (non-hydrogen) atoms. The monoisotopic (exact) mass is 457 g/mol. The highest BCUT2D eigenvalue weighted by Gasteiger charge is 2.42. The van der Waals surface area contributed by atoms with E-state index in [4.69, 9.17) is 0 Å². The van der Waals surface area contributed by atoms with Gasteiger partial charge >= 0.3 is 12.2 Å². The van der Waals surface area contributed by atoms with Gasteiger partial charge in [-0.2, -0.15) is 18.4 Å². The molecule has 1 N–H and O–H groups in total. The van der Waals surface area contributed by atoms with Crippen LogP contribution >= 0.6 is 11.8 Å². The first-order valence-electron chi connectivity index (χ1n) is 9.95. The Morgan fingerprint density at radius 2 is 1.97 bits per heavy atom. The van der Waals surface area contributed by atoms with Crippen molar-refractivity contribution in [3.63, 3.8) is 0 Å². The average molecular weight is 457 g/mol. The molecule has 2 aliphatic rings. The SMILES string of the molecule is CCSc1cc(C#N)ccc1[C@@H]1NC(=O)N(c2cccc(C(F)(F)F)c2)C2=C1C(=O)CC2. The summed E-state index contributed by atoms with van der Waals surface area (Å²) in [5, 5.41) is 12.0. The van der Waals surface area contributed by atoms with Crippen LogP contribution in [0.15, 0.2) is 58.6 Å². The van der Waals surface area contributed by atoms with Crippen molar-refractivity contribution >= 4 is 29.3 Å². The Bertz CT molecular complexity index is 1180. The highest BCUT2D eigenvalue weighted by Crippen LogP contribution is 2.43. The summed E-state index contributed by atoms with van der Waals surface area (Å²) in [5.74, 6) is 0.567. The van der Waals surface area contributed by atoms with E-state index < -0.39 is 23.8 Å². The van der Waals surface area contributed by atoms with Gasteiger partial charge in [-0.15, -0.1) is 11.8 Å². The number of nitrogens with one attached hydrogen (secondary N) is 1. The second-order valence-electron chi connectivity index (χ2n) is 7.35. The number of urea groups is 1. The van der Waals surface area contributed by atoms with Gasteiger partial charge in [-0.05, 0) is 48.1 Å². The van der Waals surface area contributed by atoms with E-state index in [1.807, 2.05) is 6.92 Å². The molecule has 5 nitrogen and oxygen atoms in total. The van der Waals surface area contributed by atoms with E-state index in [1.54, 1.807) is 18.2 Å². The second kappa shape index (κ2) is 8.36. The van der Waals surface area contributed by atoms with E-state index in [9.17, 15) is 28.0 Å². The molecule has 0 spiro atoms. The first kappa shape index (κ1) is 22.0. The van der Waals surface area contributed by atoms with Crippen molar-refractivity contribution in [3.05, 3.63) is 70.4 Å². The summed E-state index contributed by atoms with van der Waals surface area (Å²) in [6.45, 7) is 1.95. The topological polar surface area (TPSA) is 73.2 Å². The molecule has 2 aromatic rings. The summed E-state index contributed by atoms with van der Waals surface area (Å²) in [6, 6.07) is 10.3. The molecule has 0 aromatic heterocycles. The number of hydrogen-bond acceptors (Lipinski definition) is 4. The van der Waals surface area contributed by atoms with Gasteiger partial charge < -0.3 is 5.32 Å². The number of hydrogen-bond donors (Lipinski definition) is 1. The second-order valence-corrected chi connectivity index (χ2v) is 8.65. The first-order valence-corrected chi connectivity index (χ1v) is 10.9. The molecule has 4 rings (SSSR count). The van der Waals surface area contributed by atoms with Crippen LogP contribution in [0.3, 0.4) is 0 Å². The predicted octanol–water partition coefficient (Wildman–Crippen LogP) is 5.58. The lowest BCUT2D eigenvalue weighted by atomic mass is 9.94. The van der Waals surface area contributed by atoms with Crippen LogP contribution < -0.4 is 10.2 Å². The molecule has 1 aliphatic carbocycles. The van der Waals surface area contributed by atoms with Crippen LogP contribution in [0.1, 0.15) is 42.5 Å². The van der Waals surface area contributed by atoms with E-state index in [-0.39, 0.29) is 24.3 Å². The highest BCUT2D eigenvalue weighted by atomic mass is 32.2. The summed E-state index contributed by atoms with van der Waals surface area (Å²) in [4.78, 5) is 27.9. The number of Topliss-reactive ketones (excluding diaryl/α,β-unsaturated/α-hetero) is 1. The van der Waals surface area contributed by atoms with Gasteiger partial charge in [0.05, 0.1) is 28.9 Å². The molecule has 1 heterocycles. The minimum atomic E-state index is -4.55. The molecule has 1 aliphatic heterocycles. The third kappa shape index (κ3) is 3.86. The van der Waals surface area contributed by atoms with E-state index in [0.29, 0.717) is 22.4 Å². The zero-order valence-corrected chi connectivity index (χ0v) is 17.8. The Morgan fingerprint density at radius 3 is 2.66 bits per heavy atom. The lowest BCUT2D eigenvalue weighted by Gasteiger charge is -2.35. The number of anilines is 1. The molecule has 0 radical (unpaired) electrons. The van der Waals surface area contributed by atoms with Crippen LogP contribution in [0.5, 0.6) is 0 Å². The molecule has 2 aromatic carbocycles. The quantitative estimate of drug-likeness (QED) is 0.609. The van der Waals surface area contributed by atoms with Gasteiger partial charge in [0.15, 0.2) is 5.78 Å². The molecule has 2 amide bonds. The summed E-state index contributed by atoms with van der Waals surface area (Å²) in [6.07, 6.45) is -4.11. The van der Waals surface area contributed by atoms with E-state index >= 15 is 0 Å². The van der Waals surface area contributed by atoms with Crippen molar-refractivity contribution in [1.82, 2.24) is 5.32 Å². The Labute approximate surface area is 186 Å². The summed E-state index contributed by atoms with van der Waals surface area (Å²) < 4.78 is 39.6. The van der Waals surface area contributed by atoms with Crippen molar-refractivity contribution in [2.45, 2.75) is 36.9 Å². The van der Waals surface area contributed by atoms with Crippen molar-refractivity contribution in [1.29, 1.82) is 5.26 Å². The Kier molecular flexibility index (Phi) is 5.73. The number of ketones is 1. The van der Waals surface area contributed by atoms with Crippen molar-refractivity contribution in [2.24, 2.45) is 0 Å². The number of carbonyl (C=O) groups is 2. The molecule has 1 atom stereocenters. The molecule has 0 saturated carbocycles.